The number of halogens is 1. The molecule has 0 spiro atoms. The highest BCUT2D eigenvalue weighted by Gasteiger charge is 2.02. The molecule has 5 nitrogen and oxygen atoms in total. The maximum atomic E-state index is 5.99. The first-order valence-electron chi connectivity index (χ1n) is 9.83. The van der Waals surface area contributed by atoms with Crippen molar-refractivity contribution in [2.24, 2.45) is 10.7 Å². The van der Waals surface area contributed by atoms with Gasteiger partial charge in [-0.1, -0.05) is 66.7 Å². The maximum Gasteiger partial charge on any atom is 0.188 e. The highest BCUT2D eigenvalue weighted by Crippen LogP contribution is 2.14. The molecule has 0 atom stereocenters. The number of nitrogens with one attached hydrogen (secondary N) is 1. The number of para-hydroxylation sites is 2. The van der Waals surface area contributed by atoms with E-state index in [1.807, 2.05) is 42.7 Å². The van der Waals surface area contributed by atoms with Gasteiger partial charge in [0.15, 0.2) is 5.96 Å². The molecular formula is C24H26IN5. The minimum atomic E-state index is 0. The zero-order valence-corrected chi connectivity index (χ0v) is 19.1. The number of hydrogen-bond acceptors (Lipinski definition) is 2. The second kappa shape index (κ2) is 10.8. The number of hydrogen-bond donors (Lipinski definition) is 2. The molecule has 154 valence electrons. The van der Waals surface area contributed by atoms with Crippen LogP contribution in [-0.4, -0.2) is 22.1 Å². The Morgan fingerprint density at radius 3 is 2.37 bits per heavy atom. The number of guanidine groups is 1. The minimum Gasteiger partial charge on any atom is -0.370 e. The Morgan fingerprint density at radius 1 is 0.867 bits per heavy atom. The van der Waals surface area contributed by atoms with Gasteiger partial charge in [0, 0.05) is 13.1 Å². The van der Waals surface area contributed by atoms with Gasteiger partial charge >= 0.3 is 0 Å². The van der Waals surface area contributed by atoms with Crippen molar-refractivity contribution in [3.63, 3.8) is 0 Å². The van der Waals surface area contributed by atoms with E-state index in [4.69, 9.17) is 5.73 Å². The minimum absolute atomic E-state index is 0. The summed E-state index contributed by atoms with van der Waals surface area (Å²) in [5, 5.41) is 3.18. The number of imidazole rings is 1. The van der Waals surface area contributed by atoms with Gasteiger partial charge < -0.3 is 15.6 Å². The summed E-state index contributed by atoms with van der Waals surface area (Å²) in [6, 6.07) is 27.0. The predicted octanol–water partition coefficient (Wildman–Crippen LogP) is 4.35. The van der Waals surface area contributed by atoms with Crippen molar-refractivity contribution < 1.29 is 0 Å². The van der Waals surface area contributed by atoms with E-state index in [1.165, 1.54) is 11.1 Å². The summed E-state index contributed by atoms with van der Waals surface area (Å²) in [4.78, 5) is 8.89. The molecule has 0 unspecified atom stereocenters. The van der Waals surface area contributed by atoms with Gasteiger partial charge in [0.1, 0.15) is 0 Å². The van der Waals surface area contributed by atoms with E-state index in [1.54, 1.807) is 0 Å². The first-order valence-corrected chi connectivity index (χ1v) is 9.83. The Morgan fingerprint density at radius 2 is 1.57 bits per heavy atom. The Hall–Kier alpha value is -2.87. The lowest BCUT2D eigenvalue weighted by atomic mass is 10.1. The number of benzene rings is 3. The highest BCUT2D eigenvalue weighted by atomic mass is 127. The summed E-state index contributed by atoms with van der Waals surface area (Å²) < 4.78 is 2.16. The number of fused-ring (bicyclic) bond motifs is 1. The van der Waals surface area contributed by atoms with E-state index < -0.39 is 0 Å². The van der Waals surface area contributed by atoms with Crippen molar-refractivity contribution in [3.8, 4) is 0 Å². The third-order valence-corrected chi connectivity index (χ3v) is 4.90. The van der Waals surface area contributed by atoms with Gasteiger partial charge in [0.2, 0.25) is 0 Å². The predicted molar refractivity (Wildman–Crippen MR) is 134 cm³/mol. The Labute approximate surface area is 194 Å². The third kappa shape index (κ3) is 5.82. The van der Waals surface area contributed by atoms with E-state index in [-0.39, 0.29) is 24.0 Å². The zero-order valence-electron chi connectivity index (χ0n) is 16.7. The molecular weight excluding hydrogens is 485 g/mol. The van der Waals surface area contributed by atoms with E-state index in [9.17, 15) is 0 Å². The van der Waals surface area contributed by atoms with Crippen LogP contribution in [0.15, 0.2) is 90.2 Å². The number of nitrogens with zero attached hydrogens (tertiary/aromatic N) is 3. The number of aliphatic imine (C=N–C) groups is 1. The van der Waals surface area contributed by atoms with Gasteiger partial charge in [-0.05, 0) is 35.2 Å². The van der Waals surface area contributed by atoms with Crippen LogP contribution in [0.1, 0.15) is 16.7 Å². The monoisotopic (exact) mass is 511 g/mol. The fraction of sp³-hybridized carbons (Fsp3) is 0.167. The Balaban J connectivity index is 0.00000256. The summed E-state index contributed by atoms with van der Waals surface area (Å²) >= 11 is 0. The van der Waals surface area contributed by atoms with Crippen molar-refractivity contribution in [3.05, 3.63) is 102 Å². The second-order valence-electron chi connectivity index (χ2n) is 7.04. The van der Waals surface area contributed by atoms with Crippen molar-refractivity contribution in [2.75, 3.05) is 6.54 Å². The van der Waals surface area contributed by atoms with Gasteiger partial charge in [-0.2, -0.15) is 0 Å². The summed E-state index contributed by atoms with van der Waals surface area (Å²) in [5.74, 6) is 0.481. The average Bonchev–Trinajstić information content (AvgIpc) is 3.17. The van der Waals surface area contributed by atoms with Gasteiger partial charge in [-0.15, -0.1) is 24.0 Å². The standard InChI is InChI=1S/C24H25N5.HI/c25-24(26-15-14-19-6-2-1-3-7-19)27-16-20-10-12-21(13-11-20)17-29-18-28-22-8-4-5-9-23(22)29;/h1-13,18H,14-17H2,(H3,25,26,27);1H. The van der Waals surface area contributed by atoms with Crippen LogP contribution in [0.25, 0.3) is 11.0 Å². The van der Waals surface area contributed by atoms with Crippen LogP contribution in [0.2, 0.25) is 0 Å². The first kappa shape index (κ1) is 21.8. The van der Waals surface area contributed by atoms with Crippen LogP contribution < -0.4 is 11.1 Å². The Kier molecular flexibility index (Phi) is 7.84. The van der Waals surface area contributed by atoms with Crippen LogP contribution in [0.4, 0.5) is 0 Å². The van der Waals surface area contributed by atoms with Crippen LogP contribution in [-0.2, 0) is 19.5 Å². The number of rotatable bonds is 7. The van der Waals surface area contributed by atoms with Crippen molar-refractivity contribution >= 4 is 41.0 Å². The second-order valence-corrected chi connectivity index (χ2v) is 7.04. The molecule has 3 N–H and O–H groups in total. The van der Waals surface area contributed by atoms with Crippen LogP contribution in [0.3, 0.4) is 0 Å². The summed E-state index contributed by atoms with van der Waals surface area (Å²) in [6.07, 6.45) is 2.82. The molecule has 1 heterocycles. The summed E-state index contributed by atoms with van der Waals surface area (Å²) in [7, 11) is 0. The smallest absolute Gasteiger partial charge is 0.188 e. The topological polar surface area (TPSA) is 68.2 Å². The van der Waals surface area contributed by atoms with Crippen molar-refractivity contribution in [1.29, 1.82) is 0 Å². The van der Waals surface area contributed by atoms with E-state index in [2.05, 4.69) is 62.3 Å². The molecule has 0 radical (unpaired) electrons. The van der Waals surface area contributed by atoms with E-state index in [0.717, 1.165) is 36.1 Å². The molecule has 0 aliphatic carbocycles. The van der Waals surface area contributed by atoms with Gasteiger partial charge in [-0.3, -0.25) is 0 Å². The fourth-order valence-electron chi connectivity index (χ4n) is 3.30. The quantitative estimate of drug-likeness (QED) is 0.220. The molecule has 6 heteroatoms. The molecule has 4 aromatic rings. The van der Waals surface area contributed by atoms with Gasteiger partial charge in [-0.25, -0.2) is 9.98 Å². The molecule has 3 aromatic carbocycles. The lowest BCUT2D eigenvalue weighted by Crippen LogP contribution is -2.33. The molecule has 0 aliphatic rings. The fourth-order valence-corrected chi connectivity index (χ4v) is 3.30. The Bertz CT molecular complexity index is 1090. The van der Waals surface area contributed by atoms with E-state index >= 15 is 0 Å². The molecule has 0 aliphatic heterocycles. The van der Waals surface area contributed by atoms with Crippen LogP contribution in [0.5, 0.6) is 0 Å². The average molecular weight is 511 g/mol. The zero-order chi connectivity index (χ0) is 19.9. The molecule has 0 saturated carbocycles. The summed E-state index contributed by atoms with van der Waals surface area (Å²) in [6.45, 7) is 2.14. The molecule has 0 bridgehead atoms. The van der Waals surface area contributed by atoms with Crippen LogP contribution >= 0.6 is 24.0 Å². The van der Waals surface area contributed by atoms with Crippen LogP contribution in [0, 0.1) is 0 Å². The highest BCUT2D eigenvalue weighted by molar-refractivity contribution is 14.0. The lowest BCUT2D eigenvalue weighted by Gasteiger charge is -2.07. The number of aromatic nitrogens is 2. The largest absolute Gasteiger partial charge is 0.370 e. The summed E-state index contributed by atoms with van der Waals surface area (Å²) in [5.41, 5.74) is 11.8. The molecule has 0 saturated heterocycles. The van der Waals surface area contributed by atoms with Gasteiger partial charge in [0.25, 0.3) is 0 Å². The molecule has 30 heavy (non-hydrogen) atoms. The maximum absolute atomic E-state index is 5.99. The number of nitrogens with two attached hydrogens (primary N) is 1. The molecule has 1 aromatic heterocycles. The normalized spacial score (nSPS) is 11.3. The van der Waals surface area contributed by atoms with Crippen molar-refractivity contribution in [1.82, 2.24) is 14.9 Å². The lowest BCUT2D eigenvalue weighted by molar-refractivity contribution is 0.823. The molecule has 0 fully saturated rings. The molecule has 4 rings (SSSR count). The van der Waals surface area contributed by atoms with Gasteiger partial charge in [0.05, 0.1) is 23.9 Å². The third-order valence-electron chi connectivity index (χ3n) is 4.90. The molecule has 0 amide bonds. The SMILES string of the molecule is I.NC(=NCc1ccc(Cn2cnc3ccccc32)cc1)NCCc1ccccc1. The first-order chi connectivity index (χ1) is 14.3. The van der Waals surface area contributed by atoms with E-state index in [0.29, 0.717) is 12.5 Å². The van der Waals surface area contributed by atoms with Crippen molar-refractivity contribution in [2.45, 2.75) is 19.5 Å².